The van der Waals surface area contributed by atoms with E-state index >= 15 is 0 Å². The van der Waals surface area contributed by atoms with Crippen LogP contribution in [0.4, 0.5) is 15.8 Å². The quantitative estimate of drug-likeness (QED) is 0.573. The van der Waals surface area contributed by atoms with Crippen molar-refractivity contribution in [3.8, 4) is 0 Å². The number of halogens is 1. The number of hydrogen-bond donors (Lipinski definition) is 2. The van der Waals surface area contributed by atoms with Gasteiger partial charge in [-0.05, 0) is 31.5 Å². The molecule has 0 fully saturated rings. The summed E-state index contributed by atoms with van der Waals surface area (Å²) < 4.78 is 13.1. The molecule has 0 bridgehead atoms. The Morgan fingerprint density at radius 3 is 2.79 bits per heavy atom. The fourth-order valence-electron chi connectivity index (χ4n) is 1.13. The Morgan fingerprint density at radius 1 is 1.57 bits per heavy atom. The Kier molecular flexibility index (Phi) is 3.12. The van der Waals surface area contributed by atoms with E-state index in [-0.39, 0.29) is 11.9 Å². The fraction of sp³-hybridized carbons (Fsp3) is 0.273. The molecule has 0 spiro atoms. The molecule has 1 aromatic rings. The summed E-state index contributed by atoms with van der Waals surface area (Å²) in [6.07, 6.45) is 1.76. The molecule has 0 aliphatic carbocycles. The molecular formula is C11H15FN2. The Morgan fingerprint density at radius 2 is 2.21 bits per heavy atom. The minimum Gasteiger partial charge on any atom is -0.397 e. The third-order valence-electron chi connectivity index (χ3n) is 2.07. The highest BCUT2D eigenvalue weighted by molar-refractivity contribution is 5.67. The number of nitrogen functional groups attached to an aromatic ring is 1. The van der Waals surface area contributed by atoms with Gasteiger partial charge in [0.25, 0.3) is 0 Å². The van der Waals surface area contributed by atoms with Gasteiger partial charge in [0.05, 0.1) is 11.4 Å². The van der Waals surface area contributed by atoms with Crippen LogP contribution in [0.5, 0.6) is 0 Å². The van der Waals surface area contributed by atoms with Crippen LogP contribution >= 0.6 is 0 Å². The van der Waals surface area contributed by atoms with Gasteiger partial charge in [0.2, 0.25) is 0 Å². The van der Waals surface area contributed by atoms with Crippen LogP contribution in [0, 0.1) is 12.7 Å². The van der Waals surface area contributed by atoms with Gasteiger partial charge in [-0.2, -0.15) is 0 Å². The number of benzene rings is 1. The minimum atomic E-state index is -0.278. The second kappa shape index (κ2) is 4.13. The van der Waals surface area contributed by atoms with E-state index < -0.39 is 0 Å². The molecule has 0 amide bonds. The fourth-order valence-corrected chi connectivity index (χ4v) is 1.13. The predicted octanol–water partition coefficient (Wildman–Crippen LogP) is 2.70. The molecule has 0 saturated carbocycles. The van der Waals surface area contributed by atoms with Crippen molar-refractivity contribution in [1.82, 2.24) is 0 Å². The molecule has 0 radical (unpaired) electrons. The molecule has 2 nitrogen and oxygen atoms in total. The van der Waals surface area contributed by atoms with E-state index in [4.69, 9.17) is 5.73 Å². The van der Waals surface area contributed by atoms with Crippen LogP contribution in [-0.2, 0) is 0 Å². The van der Waals surface area contributed by atoms with E-state index in [1.165, 1.54) is 6.07 Å². The van der Waals surface area contributed by atoms with Gasteiger partial charge < -0.3 is 11.1 Å². The highest BCUT2D eigenvalue weighted by Crippen LogP contribution is 2.23. The maximum absolute atomic E-state index is 13.1. The summed E-state index contributed by atoms with van der Waals surface area (Å²) in [4.78, 5) is 0. The van der Waals surface area contributed by atoms with Crippen molar-refractivity contribution < 1.29 is 4.39 Å². The van der Waals surface area contributed by atoms with Gasteiger partial charge in [0.1, 0.15) is 5.82 Å². The first-order valence-electron chi connectivity index (χ1n) is 4.49. The van der Waals surface area contributed by atoms with E-state index in [1.54, 1.807) is 19.1 Å². The second-order valence-electron chi connectivity index (χ2n) is 3.36. The summed E-state index contributed by atoms with van der Waals surface area (Å²) in [5, 5.41) is 3.12. The van der Waals surface area contributed by atoms with Crippen LogP contribution < -0.4 is 11.1 Å². The number of aryl methyl sites for hydroxylation is 1. The van der Waals surface area contributed by atoms with Crippen LogP contribution in [0.25, 0.3) is 0 Å². The van der Waals surface area contributed by atoms with Gasteiger partial charge in [-0.25, -0.2) is 4.39 Å². The average Bonchev–Trinajstić information content (AvgIpc) is 2.14. The number of nitrogens with one attached hydrogen (secondary N) is 1. The van der Waals surface area contributed by atoms with Gasteiger partial charge in [-0.1, -0.05) is 6.08 Å². The molecular weight excluding hydrogens is 179 g/mol. The van der Waals surface area contributed by atoms with E-state index in [1.807, 2.05) is 6.92 Å². The van der Waals surface area contributed by atoms with E-state index in [2.05, 4.69) is 11.9 Å². The second-order valence-corrected chi connectivity index (χ2v) is 3.36. The Labute approximate surface area is 83.6 Å². The standard InChI is InChI=1S/C11H15FN2/c1-4-8(3)14-11-5-7(2)9(12)6-10(11)13/h4-6,8,14H,1,13H2,2-3H3. The summed E-state index contributed by atoms with van der Waals surface area (Å²) in [6.45, 7) is 7.31. The lowest BCUT2D eigenvalue weighted by Crippen LogP contribution is -2.13. The third-order valence-corrected chi connectivity index (χ3v) is 2.07. The van der Waals surface area contributed by atoms with Crippen LogP contribution in [-0.4, -0.2) is 6.04 Å². The first-order chi connectivity index (χ1) is 6.54. The minimum absolute atomic E-state index is 0.113. The Hall–Kier alpha value is -1.51. The van der Waals surface area contributed by atoms with E-state index in [0.717, 1.165) is 5.69 Å². The normalized spacial score (nSPS) is 12.2. The van der Waals surface area contributed by atoms with E-state index in [0.29, 0.717) is 11.3 Å². The van der Waals surface area contributed by atoms with Gasteiger partial charge >= 0.3 is 0 Å². The molecule has 0 aliphatic heterocycles. The van der Waals surface area contributed by atoms with Crippen LogP contribution in [0.3, 0.4) is 0 Å². The highest BCUT2D eigenvalue weighted by atomic mass is 19.1. The first kappa shape index (κ1) is 10.6. The molecule has 1 rings (SSSR count). The van der Waals surface area contributed by atoms with E-state index in [9.17, 15) is 4.39 Å². The molecule has 0 aromatic heterocycles. The molecule has 3 heteroatoms. The summed E-state index contributed by atoms with van der Waals surface area (Å²) >= 11 is 0. The van der Waals surface area contributed by atoms with Crippen LogP contribution in [0.1, 0.15) is 12.5 Å². The van der Waals surface area contributed by atoms with Crippen LogP contribution in [0.2, 0.25) is 0 Å². The highest BCUT2D eigenvalue weighted by Gasteiger charge is 2.05. The van der Waals surface area contributed by atoms with Crippen molar-refractivity contribution in [2.75, 3.05) is 11.1 Å². The summed E-state index contributed by atoms with van der Waals surface area (Å²) in [5.74, 6) is -0.278. The van der Waals surface area contributed by atoms with Crippen molar-refractivity contribution in [2.24, 2.45) is 0 Å². The lowest BCUT2D eigenvalue weighted by molar-refractivity contribution is 0.619. The Bertz CT molecular complexity index is 347. The maximum Gasteiger partial charge on any atom is 0.128 e. The lowest BCUT2D eigenvalue weighted by atomic mass is 10.1. The topological polar surface area (TPSA) is 38.0 Å². The van der Waals surface area contributed by atoms with Gasteiger partial charge in [0.15, 0.2) is 0 Å². The number of rotatable bonds is 3. The molecule has 1 unspecified atom stereocenters. The SMILES string of the molecule is C=CC(C)Nc1cc(C)c(F)cc1N. The summed E-state index contributed by atoms with van der Waals surface area (Å²) in [5.41, 5.74) is 7.40. The predicted molar refractivity (Wildman–Crippen MR) is 58.8 cm³/mol. The molecule has 0 aliphatic rings. The first-order valence-corrected chi connectivity index (χ1v) is 4.49. The van der Waals surface area contributed by atoms with Crippen molar-refractivity contribution in [2.45, 2.75) is 19.9 Å². The average molecular weight is 194 g/mol. The molecule has 1 aromatic carbocycles. The zero-order valence-electron chi connectivity index (χ0n) is 8.47. The number of anilines is 2. The smallest absolute Gasteiger partial charge is 0.128 e. The summed E-state index contributed by atoms with van der Waals surface area (Å²) in [6, 6.07) is 3.14. The molecule has 1 atom stereocenters. The monoisotopic (exact) mass is 194 g/mol. The van der Waals surface area contributed by atoms with Gasteiger partial charge in [-0.3, -0.25) is 0 Å². The number of nitrogens with two attached hydrogens (primary N) is 1. The molecule has 3 N–H and O–H groups in total. The van der Waals surface area contributed by atoms with Crippen molar-refractivity contribution in [1.29, 1.82) is 0 Å². The zero-order chi connectivity index (χ0) is 10.7. The largest absolute Gasteiger partial charge is 0.397 e. The third kappa shape index (κ3) is 2.25. The lowest BCUT2D eigenvalue weighted by Gasteiger charge is -2.14. The van der Waals surface area contributed by atoms with Crippen LogP contribution in [0.15, 0.2) is 24.8 Å². The number of hydrogen-bond acceptors (Lipinski definition) is 2. The van der Waals surface area contributed by atoms with Crippen molar-refractivity contribution >= 4 is 11.4 Å². The molecule has 76 valence electrons. The molecule has 0 heterocycles. The van der Waals surface area contributed by atoms with Crippen molar-refractivity contribution in [3.05, 3.63) is 36.2 Å². The molecule has 14 heavy (non-hydrogen) atoms. The summed E-state index contributed by atoms with van der Waals surface area (Å²) in [7, 11) is 0. The maximum atomic E-state index is 13.1. The molecule has 0 saturated heterocycles. The Balaban J connectivity index is 2.97. The zero-order valence-corrected chi connectivity index (χ0v) is 8.47. The van der Waals surface area contributed by atoms with Gasteiger partial charge in [0, 0.05) is 6.04 Å². The van der Waals surface area contributed by atoms with Crippen molar-refractivity contribution in [3.63, 3.8) is 0 Å². The van der Waals surface area contributed by atoms with Gasteiger partial charge in [-0.15, -0.1) is 6.58 Å².